The van der Waals surface area contributed by atoms with Gasteiger partial charge in [-0.05, 0) is 55.0 Å². The van der Waals surface area contributed by atoms with Gasteiger partial charge >= 0.3 is 0 Å². The molecule has 0 spiro atoms. The van der Waals surface area contributed by atoms with Gasteiger partial charge in [-0.15, -0.1) is 0 Å². The third kappa shape index (κ3) is 3.23. The van der Waals surface area contributed by atoms with Crippen LogP contribution in [0.2, 0.25) is 0 Å². The predicted molar refractivity (Wildman–Crippen MR) is 123 cm³/mol. The van der Waals surface area contributed by atoms with E-state index in [1.807, 2.05) is 0 Å². The first kappa shape index (κ1) is 19.0. The summed E-state index contributed by atoms with van der Waals surface area (Å²) >= 11 is 0. The highest BCUT2D eigenvalue weighted by molar-refractivity contribution is 5.82. The van der Waals surface area contributed by atoms with Crippen molar-refractivity contribution in [2.24, 2.45) is 14.1 Å². The minimum Gasteiger partial charge on any atom is -0.327 e. The Bertz CT molecular complexity index is 1210. The number of rotatable bonds is 3. The van der Waals surface area contributed by atoms with Gasteiger partial charge in [0.05, 0.1) is 11.0 Å². The first-order valence-corrected chi connectivity index (χ1v) is 11.1. The molecule has 0 unspecified atom stereocenters. The van der Waals surface area contributed by atoms with E-state index >= 15 is 0 Å². The van der Waals surface area contributed by atoms with E-state index in [2.05, 4.69) is 90.9 Å². The van der Waals surface area contributed by atoms with E-state index < -0.39 is 0 Å². The second-order valence-corrected chi connectivity index (χ2v) is 8.75. The molecule has 0 amide bonds. The van der Waals surface area contributed by atoms with Crippen LogP contribution in [0.3, 0.4) is 0 Å². The van der Waals surface area contributed by atoms with Gasteiger partial charge in [0.15, 0.2) is 6.20 Å². The van der Waals surface area contributed by atoms with Crippen LogP contribution in [-0.4, -0.2) is 9.55 Å². The fraction of sp³-hybridized carbons (Fsp3) is 0.333. The highest BCUT2D eigenvalue weighted by atomic mass is 15.1. The summed E-state index contributed by atoms with van der Waals surface area (Å²) in [5, 5.41) is 0. The van der Waals surface area contributed by atoms with Crippen molar-refractivity contribution in [1.29, 1.82) is 0 Å². The summed E-state index contributed by atoms with van der Waals surface area (Å²) in [6.45, 7) is 2.23. The lowest BCUT2D eigenvalue weighted by Gasteiger charge is -2.22. The first-order chi connectivity index (χ1) is 14.6. The van der Waals surface area contributed by atoms with Crippen LogP contribution in [0, 0.1) is 6.92 Å². The molecule has 1 saturated carbocycles. The standard InChI is InChI=1S/C27H30N3/c1-19-22(26-18-21(16-17-29(26)2)20-10-5-4-6-11-20)12-9-13-23(19)27-28-24-14-7-8-15-25(24)30(27)3/h7-9,12-18,20H,4-6,10-11H2,1-3H3/q+1. The molecule has 1 fully saturated rings. The molecule has 0 atom stereocenters. The van der Waals surface area contributed by atoms with Gasteiger partial charge in [0.1, 0.15) is 12.9 Å². The number of aryl methyl sites for hydroxylation is 2. The largest absolute Gasteiger partial charge is 0.327 e. The summed E-state index contributed by atoms with van der Waals surface area (Å²) in [4.78, 5) is 4.95. The zero-order chi connectivity index (χ0) is 20.7. The van der Waals surface area contributed by atoms with Crippen LogP contribution < -0.4 is 4.57 Å². The van der Waals surface area contributed by atoms with Crippen LogP contribution in [0.15, 0.2) is 60.8 Å². The lowest BCUT2D eigenvalue weighted by atomic mass is 9.84. The Morgan fingerprint density at radius 1 is 0.933 bits per heavy atom. The number of fused-ring (bicyclic) bond motifs is 1. The van der Waals surface area contributed by atoms with Crippen molar-refractivity contribution in [3.63, 3.8) is 0 Å². The van der Waals surface area contributed by atoms with Crippen LogP contribution in [-0.2, 0) is 14.1 Å². The van der Waals surface area contributed by atoms with E-state index in [9.17, 15) is 0 Å². The molecule has 4 aromatic rings. The van der Waals surface area contributed by atoms with Gasteiger partial charge in [-0.25, -0.2) is 9.55 Å². The molecule has 0 aliphatic heterocycles. The molecular formula is C27H30N3+. The monoisotopic (exact) mass is 396 g/mol. The second kappa shape index (κ2) is 7.71. The SMILES string of the molecule is Cc1c(-c2nc3ccccc3n2C)cccc1-c1cc(C2CCCCC2)cc[n+]1C. The summed E-state index contributed by atoms with van der Waals surface area (Å²) in [6, 6.07) is 19.7. The van der Waals surface area contributed by atoms with Crippen molar-refractivity contribution in [2.45, 2.75) is 44.9 Å². The number of nitrogens with zero attached hydrogens (tertiary/aromatic N) is 3. The maximum atomic E-state index is 4.95. The van der Waals surface area contributed by atoms with Crippen molar-refractivity contribution in [3.05, 3.63) is 71.9 Å². The van der Waals surface area contributed by atoms with E-state index in [4.69, 9.17) is 4.98 Å². The van der Waals surface area contributed by atoms with E-state index in [1.165, 1.54) is 65.6 Å². The summed E-state index contributed by atoms with van der Waals surface area (Å²) < 4.78 is 4.47. The number of imidazole rings is 1. The summed E-state index contributed by atoms with van der Waals surface area (Å²) in [7, 11) is 4.27. The van der Waals surface area contributed by atoms with Gasteiger partial charge in [0.25, 0.3) is 0 Å². The maximum Gasteiger partial charge on any atom is 0.212 e. The quantitative estimate of drug-likeness (QED) is 0.384. The smallest absolute Gasteiger partial charge is 0.212 e. The Morgan fingerprint density at radius 3 is 2.50 bits per heavy atom. The Kier molecular flexibility index (Phi) is 4.90. The van der Waals surface area contributed by atoms with Crippen molar-refractivity contribution in [1.82, 2.24) is 9.55 Å². The van der Waals surface area contributed by atoms with Crippen molar-refractivity contribution < 1.29 is 4.57 Å². The number of aromatic nitrogens is 3. The van der Waals surface area contributed by atoms with Crippen LogP contribution in [0.25, 0.3) is 33.7 Å². The van der Waals surface area contributed by atoms with E-state index in [-0.39, 0.29) is 0 Å². The fourth-order valence-corrected chi connectivity index (χ4v) is 5.09. The molecule has 0 N–H and O–H groups in total. The lowest BCUT2D eigenvalue weighted by molar-refractivity contribution is -0.660. The highest BCUT2D eigenvalue weighted by Gasteiger charge is 2.22. The van der Waals surface area contributed by atoms with Gasteiger partial charge < -0.3 is 4.57 Å². The molecule has 3 nitrogen and oxygen atoms in total. The Labute approximate surface area is 179 Å². The van der Waals surface area contributed by atoms with Gasteiger partial charge in [-0.2, -0.15) is 0 Å². The first-order valence-electron chi connectivity index (χ1n) is 11.1. The molecule has 3 heteroatoms. The minimum absolute atomic E-state index is 0.710. The highest BCUT2D eigenvalue weighted by Crippen LogP contribution is 2.35. The molecule has 0 saturated heterocycles. The summed E-state index contributed by atoms with van der Waals surface area (Å²) in [6.07, 6.45) is 9.01. The number of hydrogen-bond acceptors (Lipinski definition) is 1. The molecular weight excluding hydrogens is 366 g/mol. The zero-order valence-electron chi connectivity index (χ0n) is 18.2. The zero-order valence-corrected chi connectivity index (χ0v) is 18.2. The topological polar surface area (TPSA) is 21.7 Å². The van der Waals surface area contributed by atoms with Crippen molar-refractivity contribution in [3.8, 4) is 22.6 Å². The number of pyridine rings is 1. The summed E-state index contributed by atoms with van der Waals surface area (Å²) in [5.41, 5.74) is 8.78. The van der Waals surface area contributed by atoms with E-state index in [0.29, 0.717) is 5.92 Å². The Hall–Kier alpha value is -2.94. The number of para-hydroxylation sites is 2. The Morgan fingerprint density at radius 2 is 1.70 bits per heavy atom. The third-order valence-electron chi connectivity index (χ3n) is 6.89. The molecule has 2 aromatic heterocycles. The fourth-order valence-electron chi connectivity index (χ4n) is 5.09. The molecule has 1 aliphatic carbocycles. The average molecular weight is 397 g/mol. The minimum atomic E-state index is 0.710. The average Bonchev–Trinajstić information content (AvgIpc) is 3.12. The van der Waals surface area contributed by atoms with Gasteiger partial charge in [-0.3, -0.25) is 0 Å². The number of benzene rings is 2. The molecule has 0 bridgehead atoms. The molecule has 30 heavy (non-hydrogen) atoms. The van der Waals surface area contributed by atoms with E-state index in [0.717, 1.165) is 11.3 Å². The van der Waals surface area contributed by atoms with Crippen LogP contribution >= 0.6 is 0 Å². The predicted octanol–water partition coefficient (Wildman–Crippen LogP) is 6.09. The normalized spacial score (nSPS) is 15.0. The molecule has 1 aliphatic rings. The van der Waals surface area contributed by atoms with Crippen molar-refractivity contribution in [2.75, 3.05) is 0 Å². The second-order valence-electron chi connectivity index (χ2n) is 8.75. The molecule has 5 rings (SSSR count). The van der Waals surface area contributed by atoms with Gasteiger partial charge in [0, 0.05) is 30.3 Å². The number of hydrogen-bond donors (Lipinski definition) is 0. The van der Waals surface area contributed by atoms with Crippen LogP contribution in [0.4, 0.5) is 0 Å². The van der Waals surface area contributed by atoms with E-state index in [1.54, 1.807) is 0 Å². The summed E-state index contributed by atoms with van der Waals surface area (Å²) in [5.74, 6) is 1.74. The van der Waals surface area contributed by atoms with Crippen molar-refractivity contribution >= 4 is 11.0 Å². The van der Waals surface area contributed by atoms with Gasteiger partial charge in [-0.1, -0.05) is 43.5 Å². The molecule has 152 valence electrons. The molecule has 0 radical (unpaired) electrons. The maximum absolute atomic E-state index is 4.95. The molecule has 2 heterocycles. The molecule has 2 aromatic carbocycles. The van der Waals surface area contributed by atoms with Crippen LogP contribution in [0.1, 0.15) is 49.1 Å². The lowest BCUT2D eigenvalue weighted by Crippen LogP contribution is -2.31. The van der Waals surface area contributed by atoms with Gasteiger partial charge in [0.2, 0.25) is 5.69 Å². The third-order valence-corrected chi connectivity index (χ3v) is 6.89. The Balaban J connectivity index is 1.62. The van der Waals surface area contributed by atoms with Crippen LogP contribution in [0.5, 0.6) is 0 Å².